The van der Waals surface area contributed by atoms with E-state index in [1.54, 1.807) is 13.8 Å². The summed E-state index contributed by atoms with van der Waals surface area (Å²) >= 11 is 0. The van der Waals surface area contributed by atoms with Gasteiger partial charge in [-0.1, -0.05) is 13.8 Å². The Morgan fingerprint density at radius 3 is 2.52 bits per heavy atom. The van der Waals surface area contributed by atoms with Gasteiger partial charge in [0.2, 0.25) is 0 Å². The number of rotatable bonds is 6. The molecule has 21 heavy (non-hydrogen) atoms. The van der Waals surface area contributed by atoms with Crippen LogP contribution in [0.1, 0.15) is 25.8 Å². The lowest BCUT2D eigenvalue weighted by molar-refractivity contribution is -0.386. The van der Waals surface area contributed by atoms with Gasteiger partial charge in [0, 0.05) is 12.0 Å². The average Bonchev–Trinajstić information content (AvgIpc) is 2.42. The highest BCUT2D eigenvalue weighted by Gasteiger charge is 2.33. The third kappa shape index (κ3) is 4.44. The zero-order chi connectivity index (χ0) is 16.2. The Morgan fingerprint density at radius 1 is 1.43 bits per heavy atom. The molecule has 0 aliphatic heterocycles. The van der Waals surface area contributed by atoms with Crippen molar-refractivity contribution in [2.75, 3.05) is 6.61 Å². The number of benzene rings is 1. The van der Waals surface area contributed by atoms with E-state index in [9.17, 15) is 28.1 Å². The molecule has 0 bridgehead atoms. The molecular formula is C13H14F3NO4. The lowest BCUT2D eigenvalue weighted by atomic mass is 10.0. The van der Waals surface area contributed by atoms with Gasteiger partial charge in [-0.05, 0) is 18.6 Å². The molecule has 0 spiro atoms. The number of halogens is 3. The van der Waals surface area contributed by atoms with E-state index >= 15 is 0 Å². The summed E-state index contributed by atoms with van der Waals surface area (Å²) in [5.41, 5.74) is -1.96. The largest absolute Gasteiger partial charge is 0.479 e. The standard InChI is InChI=1S/C13H14F3NO4/c1-3-8(2)11(18)7-21-12-5-4-9(13(14,15)16)6-10(12)17(19)20/h4-6,8H,3,7H2,1-2H3. The van der Waals surface area contributed by atoms with Crippen LogP contribution in [0.5, 0.6) is 5.75 Å². The lowest BCUT2D eigenvalue weighted by Gasteiger charge is -2.11. The number of carbonyl (C=O) groups is 1. The Hall–Kier alpha value is -2.12. The van der Waals surface area contributed by atoms with Gasteiger partial charge >= 0.3 is 11.9 Å². The van der Waals surface area contributed by atoms with E-state index in [4.69, 9.17) is 4.74 Å². The maximum absolute atomic E-state index is 12.5. The van der Waals surface area contributed by atoms with Gasteiger partial charge in [-0.25, -0.2) is 0 Å². The monoisotopic (exact) mass is 305 g/mol. The number of nitro groups is 1. The number of Topliss-reactive ketones (excluding diaryl/α,β-unsaturated/α-hetero) is 1. The molecule has 0 aliphatic carbocycles. The minimum Gasteiger partial charge on any atom is -0.479 e. The molecule has 1 atom stereocenters. The fourth-order valence-corrected chi connectivity index (χ4v) is 1.48. The van der Waals surface area contributed by atoms with Crippen molar-refractivity contribution in [1.29, 1.82) is 0 Å². The topological polar surface area (TPSA) is 69.4 Å². The quantitative estimate of drug-likeness (QED) is 0.594. The first-order chi connectivity index (χ1) is 9.66. The molecule has 1 aromatic carbocycles. The number of ketones is 1. The van der Waals surface area contributed by atoms with Gasteiger partial charge in [0.25, 0.3) is 0 Å². The molecule has 5 nitrogen and oxygen atoms in total. The second-order valence-electron chi connectivity index (χ2n) is 4.50. The van der Waals surface area contributed by atoms with E-state index in [2.05, 4.69) is 0 Å². The number of nitrogens with zero attached hydrogens (tertiary/aromatic N) is 1. The molecular weight excluding hydrogens is 291 g/mol. The van der Waals surface area contributed by atoms with Gasteiger partial charge in [0.1, 0.15) is 6.61 Å². The first-order valence-corrected chi connectivity index (χ1v) is 6.18. The van der Waals surface area contributed by atoms with Crippen molar-refractivity contribution in [3.63, 3.8) is 0 Å². The summed E-state index contributed by atoms with van der Waals surface area (Å²) in [5.74, 6) is -0.908. The van der Waals surface area contributed by atoms with E-state index < -0.39 is 29.0 Å². The molecule has 1 rings (SSSR count). The predicted molar refractivity (Wildman–Crippen MR) is 68.1 cm³/mol. The van der Waals surface area contributed by atoms with Crippen LogP contribution in [0.15, 0.2) is 18.2 Å². The summed E-state index contributed by atoms with van der Waals surface area (Å²) < 4.78 is 42.5. The first kappa shape index (κ1) is 16.9. The highest BCUT2D eigenvalue weighted by atomic mass is 19.4. The van der Waals surface area contributed by atoms with Crippen LogP contribution in [0.2, 0.25) is 0 Å². The van der Waals surface area contributed by atoms with Gasteiger partial charge in [-0.15, -0.1) is 0 Å². The summed E-state index contributed by atoms with van der Waals surface area (Å²) in [6.45, 7) is 3.05. The van der Waals surface area contributed by atoms with Crippen molar-refractivity contribution >= 4 is 11.5 Å². The number of nitro benzene ring substituents is 1. The van der Waals surface area contributed by atoms with Crippen molar-refractivity contribution in [2.24, 2.45) is 5.92 Å². The number of hydrogen-bond donors (Lipinski definition) is 0. The summed E-state index contributed by atoms with van der Waals surface area (Å²) in [4.78, 5) is 21.4. The van der Waals surface area contributed by atoms with Gasteiger partial charge in [0.15, 0.2) is 11.5 Å². The van der Waals surface area contributed by atoms with E-state index in [-0.39, 0.29) is 17.5 Å². The van der Waals surface area contributed by atoms with Crippen LogP contribution in [-0.2, 0) is 11.0 Å². The van der Waals surface area contributed by atoms with Crippen LogP contribution >= 0.6 is 0 Å². The van der Waals surface area contributed by atoms with E-state index in [1.165, 1.54) is 0 Å². The smallest absolute Gasteiger partial charge is 0.416 e. The predicted octanol–water partition coefficient (Wildman–Crippen LogP) is 3.61. The van der Waals surface area contributed by atoms with Gasteiger partial charge in [0.05, 0.1) is 10.5 Å². The lowest BCUT2D eigenvalue weighted by Crippen LogP contribution is -2.19. The van der Waals surface area contributed by atoms with E-state index in [0.29, 0.717) is 18.6 Å². The molecule has 0 heterocycles. The van der Waals surface area contributed by atoms with E-state index in [0.717, 1.165) is 6.07 Å². The van der Waals surface area contributed by atoms with Crippen molar-refractivity contribution in [3.8, 4) is 5.75 Å². The van der Waals surface area contributed by atoms with Crippen molar-refractivity contribution < 1.29 is 27.6 Å². The molecule has 8 heteroatoms. The van der Waals surface area contributed by atoms with Gasteiger partial charge < -0.3 is 4.74 Å². The van der Waals surface area contributed by atoms with E-state index in [1.807, 2.05) is 0 Å². The second kappa shape index (κ2) is 6.55. The Kier molecular flexibility index (Phi) is 5.28. The fraction of sp³-hybridized carbons (Fsp3) is 0.462. The van der Waals surface area contributed by atoms with Crippen LogP contribution < -0.4 is 4.74 Å². The third-order valence-corrected chi connectivity index (χ3v) is 3.01. The molecule has 0 aromatic heterocycles. The molecule has 1 aromatic rings. The zero-order valence-corrected chi connectivity index (χ0v) is 11.4. The normalized spacial score (nSPS) is 12.8. The van der Waals surface area contributed by atoms with Gasteiger partial charge in [-0.3, -0.25) is 14.9 Å². The first-order valence-electron chi connectivity index (χ1n) is 6.18. The number of carbonyl (C=O) groups excluding carboxylic acids is 1. The zero-order valence-electron chi connectivity index (χ0n) is 11.4. The number of alkyl halides is 3. The summed E-state index contributed by atoms with van der Waals surface area (Å²) in [6, 6.07) is 1.92. The average molecular weight is 305 g/mol. The summed E-state index contributed by atoms with van der Waals surface area (Å²) in [5, 5.41) is 10.8. The van der Waals surface area contributed by atoms with Crippen LogP contribution in [0, 0.1) is 16.0 Å². The molecule has 116 valence electrons. The fourth-order valence-electron chi connectivity index (χ4n) is 1.48. The molecule has 1 unspecified atom stereocenters. The van der Waals surface area contributed by atoms with Gasteiger partial charge in [-0.2, -0.15) is 13.2 Å². The molecule has 0 aliphatic rings. The molecule has 0 radical (unpaired) electrons. The molecule has 0 fully saturated rings. The minimum atomic E-state index is -4.68. The van der Waals surface area contributed by atoms with Crippen molar-refractivity contribution in [3.05, 3.63) is 33.9 Å². The second-order valence-corrected chi connectivity index (χ2v) is 4.50. The Balaban J connectivity index is 2.98. The Bertz CT molecular complexity index is 543. The SMILES string of the molecule is CCC(C)C(=O)COc1ccc(C(F)(F)F)cc1[N+](=O)[O-]. The maximum atomic E-state index is 12.5. The van der Waals surface area contributed by atoms with Crippen molar-refractivity contribution in [1.82, 2.24) is 0 Å². The third-order valence-electron chi connectivity index (χ3n) is 3.01. The van der Waals surface area contributed by atoms with Crippen LogP contribution in [0.3, 0.4) is 0 Å². The molecule has 0 amide bonds. The summed E-state index contributed by atoms with van der Waals surface area (Å²) in [6.07, 6.45) is -4.10. The highest BCUT2D eigenvalue weighted by Crippen LogP contribution is 2.36. The molecule has 0 N–H and O–H groups in total. The van der Waals surface area contributed by atoms with Crippen LogP contribution in [0.4, 0.5) is 18.9 Å². The van der Waals surface area contributed by atoms with Crippen LogP contribution in [0.25, 0.3) is 0 Å². The molecule has 0 saturated carbocycles. The van der Waals surface area contributed by atoms with Crippen LogP contribution in [-0.4, -0.2) is 17.3 Å². The van der Waals surface area contributed by atoms with Crippen molar-refractivity contribution in [2.45, 2.75) is 26.4 Å². The number of ether oxygens (including phenoxy) is 1. The highest BCUT2D eigenvalue weighted by molar-refractivity contribution is 5.82. The summed E-state index contributed by atoms with van der Waals surface area (Å²) in [7, 11) is 0. The minimum absolute atomic E-state index is 0.272. The Morgan fingerprint density at radius 2 is 2.05 bits per heavy atom. The number of hydrogen-bond acceptors (Lipinski definition) is 4. The maximum Gasteiger partial charge on any atom is 0.416 e. The molecule has 0 saturated heterocycles. The Labute approximate surface area is 118 Å².